The van der Waals surface area contributed by atoms with Crippen LogP contribution in [-0.4, -0.2) is 13.4 Å². The lowest BCUT2D eigenvalue weighted by molar-refractivity contribution is 0.609. The molecule has 3 nitrogen and oxygen atoms in total. The second kappa shape index (κ2) is 3.96. The fourth-order valence-electron chi connectivity index (χ4n) is 1.81. The molecule has 1 heterocycles. The molecule has 0 saturated heterocycles. The minimum atomic E-state index is -3.70. The highest BCUT2D eigenvalue weighted by atomic mass is 35.7. The lowest BCUT2D eigenvalue weighted by Gasteiger charge is -2.09. The van der Waals surface area contributed by atoms with Crippen molar-refractivity contribution in [2.24, 2.45) is 0 Å². The number of hydrogen-bond donors (Lipinski definition) is 0. The molecule has 1 aromatic carbocycles. The Morgan fingerprint density at radius 2 is 1.76 bits per heavy atom. The Hall–Kier alpha value is -1.13. The van der Waals surface area contributed by atoms with Crippen LogP contribution in [0, 0.1) is 20.8 Å². The van der Waals surface area contributed by atoms with Gasteiger partial charge in [0.25, 0.3) is 9.05 Å². The number of pyridine rings is 1. The summed E-state index contributed by atoms with van der Waals surface area (Å²) in [5.74, 6) is 0. The summed E-state index contributed by atoms with van der Waals surface area (Å²) in [6.07, 6.45) is 0. The van der Waals surface area contributed by atoms with E-state index in [4.69, 9.17) is 10.7 Å². The Balaban J connectivity index is 2.85. The molecule has 0 spiro atoms. The van der Waals surface area contributed by atoms with Crippen molar-refractivity contribution in [1.82, 2.24) is 4.98 Å². The number of aryl methyl sites for hydroxylation is 2. The predicted molar refractivity (Wildman–Crippen MR) is 69.0 cm³/mol. The van der Waals surface area contributed by atoms with E-state index in [9.17, 15) is 8.42 Å². The Kier molecular flexibility index (Phi) is 2.87. The highest BCUT2D eigenvalue weighted by Crippen LogP contribution is 2.25. The molecule has 0 N–H and O–H groups in total. The standard InChI is InChI=1S/C12H12ClNO2S/c1-7-8(2)11-5-4-10(17(13,15)16)6-12(11)14-9(7)3/h4-6H,1-3H3. The molecule has 0 aliphatic rings. The molecule has 0 fully saturated rings. The van der Waals surface area contributed by atoms with Gasteiger partial charge in [-0.3, -0.25) is 4.98 Å². The van der Waals surface area contributed by atoms with Gasteiger partial charge in [0.05, 0.1) is 10.4 Å². The number of benzene rings is 1. The fraction of sp³-hybridized carbons (Fsp3) is 0.250. The highest BCUT2D eigenvalue weighted by molar-refractivity contribution is 8.13. The van der Waals surface area contributed by atoms with Crippen molar-refractivity contribution in [1.29, 1.82) is 0 Å². The minimum absolute atomic E-state index is 0.0850. The molecule has 1 aromatic heterocycles. The first-order valence-corrected chi connectivity index (χ1v) is 7.44. The van der Waals surface area contributed by atoms with Crippen molar-refractivity contribution in [3.63, 3.8) is 0 Å². The maximum atomic E-state index is 11.3. The zero-order valence-corrected chi connectivity index (χ0v) is 11.4. The van der Waals surface area contributed by atoms with Gasteiger partial charge >= 0.3 is 0 Å². The minimum Gasteiger partial charge on any atom is -0.253 e. The van der Waals surface area contributed by atoms with Gasteiger partial charge in [0.1, 0.15) is 0 Å². The van der Waals surface area contributed by atoms with Crippen LogP contribution < -0.4 is 0 Å². The topological polar surface area (TPSA) is 47.0 Å². The van der Waals surface area contributed by atoms with Crippen molar-refractivity contribution in [3.8, 4) is 0 Å². The first kappa shape index (κ1) is 12.3. The third-order valence-electron chi connectivity index (χ3n) is 3.05. The van der Waals surface area contributed by atoms with Crippen molar-refractivity contribution in [2.45, 2.75) is 25.7 Å². The molecule has 90 valence electrons. The third kappa shape index (κ3) is 2.15. The summed E-state index contributed by atoms with van der Waals surface area (Å²) in [6.45, 7) is 5.91. The molecule has 0 saturated carbocycles. The molecule has 2 aromatic rings. The van der Waals surface area contributed by atoms with E-state index in [1.807, 2.05) is 20.8 Å². The summed E-state index contributed by atoms with van der Waals surface area (Å²) < 4.78 is 22.5. The Labute approximate surface area is 105 Å². The van der Waals surface area contributed by atoms with Crippen LogP contribution in [0.25, 0.3) is 10.9 Å². The first-order chi connectivity index (χ1) is 7.80. The monoisotopic (exact) mass is 269 g/mol. The van der Waals surface area contributed by atoms with Gasteiger partial charge in [-0.2, -0.15) is 0 Å². The van der Waals surface area contributed by atoms with Crippen LogP contribution in [0.2, 0.25) is 0 Å². The molecule has 0 aliphatic carbocycles. The average molecular weight is 270 g/mol. The molecule has 0 aliphatic heterocycles. The van der Waals surface area contributed by atoms with Crippen molar-refractivity contribution >= 4 is 30.6 Å². The Bertz CT molecular complexity index is 708. The van der Waals surface area contributed by atoms with Gasteiger partial charge in [0.2, 0.25) is 0 Å². The van der Waals surface area contributed by atoms with Crippen LogP contribution in [0.4, 0.5) is 0 Å². The van der Waals surface area contributed by atoms with Gasteiger partial charge in [0, 0.05) is 21.8 Å². The fourth-order valence-corrected chi connectivity index (χ4v) is 2.58. The van der Waals surface area contributed by atoms with Crippen molar-refractivity contribution < 1.29 is 8.42 Å². The van der Waals surface area contributed by atoms with E-state index in [1.165, 1.54) is 12.1 Å². The summed E-state index contributed by atoms with van der Waals surface area (Å²) >= 11 is 0. The van der Waals surface area contributed by atoms with Gasteiger partial charge in [-0.1, -0.05) is 6.07 Å². The molecule has 17 heavy (non-hydrogen) atoms. The lowest BCUT2D eigenvalue weighted by Crippen LogP contribution is -1.96. The Morgan fingerprint density at radius 1 is 1.12 bits per heavy atom. The maximum Gasteiger partial charge on any atom is 0.261 e. The molecule has 0 bridgehead atoms. The second-order valence-corrected chi connectivity index (χ2v) is 6.63. The quantitative estimate of drug-likeness (QED) is 0.748. The number of halogens is 1. The molecular weight excluding hydrogens is 258 g/mol. The van der Waals surface area contributed by atoms with Crippen molar-refractivity contribution in [2.75, 3.05) is 0 Å². The first-order valence-electron chi connectivity index (χ1n) is 5.13. The van der Waals surface area contributed by atoms with Gasteiger partial charge in [-0.05, 0) is 44.0 Å². The average Bonchev–Trinajstić information content (AvgIpc) is 2.24. The van der Waals surface area contributed by atoms with E-state index in [1.54, 1.807) is 6.07 Å². The van der Waals surface area contributed by atoms with Crippen LogP contribution in [0.1, 0.15) is 16.8 Å². The van der Waals surface area contributed by atoms with Gasteiger partial charge in [-0.25, -0.2) is 8.42 Å². The van der Waals surface area contributed by atoms with Gasteiger partial charge in [0.15, 0.2) is 0 Å². The molecule has 2 rings (SSSR count). The molecule has 5 heteroatoms. The Morgan fingerprint density at radius 3 is 2.35 bits per heavy atom. The molecule has 0 atom stereocenters. The number of nitrogens with zero attached hydrogens (tertiary/aromatic N) is 1. The number of fused-ring (bicyclic) bond motifs is 1. The third-order valence-corrected chi connectivity index (χ3v) is 4.40. The van der Waals surface area contributed by atoms with E-state index in [2.05, 4.69) is 4.98 Å². The van der Waals surface area contributed by atoms with E-state index >= 15 is 0 Å². The molecule has 0 radical (unpaired) electrons. The van der Waals surface area contributed by atoms with Gasteiger partial charge < -0.3 is 0 Å². The smallest absolute Gasteiger partial charge is 0.253 e. The highest BCUT2D eigenvalue weighted by Gasteiger charge is 2.12. The van der Waals surface area contributed by atoms with Crippen molar-refractivity contribution in [3.05, 3.63) is 35.0 Å². The van der Waals surface area contributed by atoms with Crippen LogP contribution >= 0.6 is 10.7 Å². The van der Waals surface area contributed by atoms with Crippen LogP contribution in [0.3, 0.4) is 0 Å². The maximum absolute atomic E-state index is 11.3. The van der Waals surface area contributed by atoms with Gasteiger partial charge in [-0.15, -0.1) is 0 Å². The lowest BCUT2D eigenvalue weighted by atomic mass is 10.0. The van der Waals surface area contributed by atoms with Crippen LogP contribution in [-0.2, 0) is 9.05 Å². The number of rotatable bonds is 1. The largest absolute Gasteiger partial charge is 0.261 e. The van der Waals surface area contributed by atoms with Crippen LogP contribution in [0.15, 0.2) is 23.1 Å². The number of hydrogen-bond acceptors (Lipinski definition) is 3. The summed E-state index contributed by atoms with van der Waals surface area (Å²) in [7, 11) is 1.62. The molecule has 0 unspecified atom stereocenters. The zero-order chi connectivity index (χ0) is 12.8. The second-order valence-electron chi connectivity index (χ2n) is 4.06. The predicted octanol–water partition coefficient (Wildman–Crippen LogP) is 3.09. The number of aromatic nitrogens is 1. The van der Waals surface area contributed by atoms with E-state index in [-0.39, 0.29) is 4.90 Å². The van der Waals surface area contributed by atoms with Crippen LogP contribution in [0.5, 0.6) is 0 Å². The van der Waals surface area contributed by atoms with E-state index in [0.717, 1.165) is 22.2 Å². The van der Waals surface area contributed by atoms with E-state index < -0.39 is 9.05 Å². The van der Waals surface area contributed by atoms with E-state index in [0.29, 0.717) is 5.52 Å². The molecular formula is C12H12ClNO2S. The summed E-state index contributed by atoms with van der Waals surface area (Å²) in [5.41, 5.74) is 3.80. The molecule has 0 amide bonds. The summed E-state index contributed by atoms with van der Waals surface area (Å²) in [4.78, 5) is 4.47. The summed E-state index contributed by atoms with van der Waals surface area (Å²) in [6, 6.07) is 4.77. The SMILES string of the molecule is Cc1nc2cc(S(=O)(=O)Cl)ccc2c(C)c1C. The summed E-state index contributed by atoms with van der Waals surface area (Å²) in [5, 5.41) is 0.956. The normalized spacial score (nSPS) is 12.0. The zero-order valence-electron chi connectivity index (χ0n) is 9.78.